The van der Waals surface area contributed by atoms with Crippen molar-refractivity contribution < 1.29 is 14.7 Å². The Labute approximate surface area is 122 Å². The highest BCUT2D eigenvalue weighted by atomic mass is 16.4. The molecule has 0 unspecified atom stereocenters. The van der Waals surface area contributed by atoms with E-state index in [0.29, 0.717) is 19.3 Å². The molecule has 0 radical (unpaired) electrons. The van der Waals surface area contributed by atoms with E-state index in [1.165, 1.54) is 6.92 Å². The maximum atomic E-state index is 10.6. The van der Waals surface area contributed by atoms with Crippen LogP contribution in [0.5, 0.6) is 0 Å². The van der Waals surface area contributed by atoms with Gasteiger partial charge in [0.15, 0.2) is 11.3 Å². The van der Waals surface area contributed by atoms with Gasteiger partial charge in [0.05, 0.1) is 6.04 Å². The third kappa shape index (κ3) is 6.50. The van der Waals surface area contributed by atoms with Gasteiger partial charge in [-0.3, -0.25) is 9.59 Å². The van der Waals surface area contributed by atoms with Crippen LogP contribution in [0.25, 0.3) is 0 Å². The predicted molar refractivity (Wildman–Crippen MR) is 74.6 cm³/mol. The summed E-state index contributed by atoms with van der Waals surface area (Å²) in [7, 11) is 0. The number of carboxylic acid groups (broad SMARTS) is 1. The lowest BCUT2D eigenvalue weighted by molar-refractivity contribution is -0.138. The van der Waals surface area contributed by atoms with Gasteiger partial charge in [-0.1, -0.05) is 0 Å². The van der Waals surface area contributed by atoms with E-state index in [-0.39, 0.29) is 17.1 Å². The highest BCUT2D eigenvalue weighted by Gasteiger charge is 2.36. The van der Waals surface area contributed by atoms with Crippen molar-refractivity contribution in [1.82, 2.24) is 0 Å². The third-order valence-corrected chi connectivity index (χ3v) is 3.26. The Kier molecular flexibility index (Phi) is 5.24. The maximum absolute atomic E-state index is 10.6. The van der Waals surface area contributed by atoms with Crippen molar-refractivity contribution in [3.8, 4) is 0 Å². The molecule has 0 fully saturated rings. The first-order valence-electron chi connectivity index (χ1n) is 6.69. The molecule has 5 N–H and O–H groups in total. The number of Topliss-reactive ketones (excluding diaryl/α,β-unsaturated/α-hetero) is 1. The van der Waals surface area contributed by atoms with Gasteiger partial charge in [-0.2, -0.15) is 20.5 Å². The average molecular weight is 298 g/mol. The summed E-state index contributed by atoms with van der Waals surface area (Å²) in [6.07, 6.45) is 1.60. The SMILES string of the molecule is CC(=O)[C@@H](N)CC1(C)N=N1.CC1(CC[C@H](N)C(=O)O)N=N1. The molecule has 0 saturated carbocycles. The first-order chi connectivity index (χ1) is 9.57. The molecule has 0 aliphatic carbocycles. The number of carbonyl (C=O) groups is 2. The van der Waals surface area contributed by atoms with Gasteiger partial charge in [-0.05, 0) is 33.6 Å². The Bertz CT molecular complexity index is 464. The largest absolute Gasteiger partial charge is 0.480 e. The Morgan fingerprint density at radius 3 is 1.86 bits per heavy atom. The van der Waals surface area contributed by atoms with Crippen LogP contribution in [0.4, 0.5) is 0 Å². The monoisotopic (exact) mass is 298 g/mol. The van der Waals surface area contributed by atoms with E-state index >= 15 is 0 Å². The standard InChI is InChI=1S/C6H11N3O2.C6H11N3O/c1-6(8-9-6)3-2-4(7)5(10)11;1-4(10)5(7)3-6(2)8-9-6/h4H,2-3,7H2,1H3,(H,10,11);5H,3,7H2,1-2H3/t4-;5-/m00/s1. The Morgan fingerprint density at radius 1 is 1.05 bits per heavy atom. The van der Waals surface area contributed by atoms with E-state index in [9.17, 15) is 9.59 Å². The van der Waals surface area contributed by atoms with Crippen molar-refractivity contribution in [3.05, 3.63) is 0 Å². The smallest absolute Gasteiger partial charge is 0.320 e. The van der Waals surface area contributed by atoms with E-state index in [1.807, 2.05) is 13.8 Å². The molecule has 2 atom stereocenters. The fourth-order valence-electron chi connectivity index (χ4n) is 1.47. The molecule has 2 rings (SSSR count). The average Bonchev–Trinajstić information content (AvgIpc) is 3.28. The molecule has 0 aromatic carbocycles. The number of carbonyl (C=O) groups excluding carboxylic acids is 1. The summed E-state index contributed by atoms with van der Waals surface area (Å²) in [6, 6.07) is -1.18. The van der Waals surface area contributed by atoms with Crippen molar-refractivity contribution in [3.63, 3.8) is 0 Å². The third-order valence-electron chi connectivity index (χ3n) is 3.26. The van der Waals surface area contributed by atoms with Gasteiger partial charge in [-0.25, -0.2) is 0 Å². The molecular formula is C12H22N6O3. The van der Waals surface area contributed by atoms with Crippen LogP contribution in [0.1, 0.15) is 40.0 Å². The Morgan fingerprint density at radius 2 is 1.52 bits per heavy atom. The minimum Gasteiger partial charge on any atom is -0.480 e. The van der Waals surface area contributed by atoms with Crippen LogP contribution in [0.3, 0.4) is 0 Å². The molecule has 118 valence electrons. The molecule has 2 aliphatic heterocycles. The second-order valence-corrected chi connectivity index (χ2v) is 5.74. The second-order valence-electron chi connectivity index (χ2n) is 5.74. The zero-order valence-corrected chi connectivity index (χ0v) is 12.5. The van der Waals surface area contributed by atoms with Gasteiger partial charge >= 0.3 is 5.97 Å². The number of nitrogens with two attached hydrogens (primary N) is 2. The lowest BCUT2D eigenvalue weighted by Crippen LogP contribution is -2.32. The molecule has 21 heavy (non-hydrogen) atoms. The van der Waals surface area contributed by atoms with Gasteiger partial charge in [0, 0.05) is 6.42 Å². The van der Waals surface area contributed by atoms with Crippen LogP contribution in [0, 0.1) is 0 Å². The summed E-state index contributed by atoms with van der Waals surface area (Å²) in [5.41, 5.74) is 10.1. The van der Waals surface area contributed by atoms with Gasteiger partial charge in [0.1, 0.15) is 11.8 Å². The molecule has 0 spiro atoms. The van der Waals surface area contributed by atoms with Crippen molar-refractivity contribution in [2.24, 2.45) is 31.9 Å². The van der Waals surface area contributed by atoms with Crippen molar-refractivity contribution in [2.75, 3.05) is 0 Å². The molecule has 0 amide bonds. The van der Waals surface area contributed by atoms with Crippen LogP contribution < -0.4 is 11.5 Å². The normalized spacial score (nSPS) is 21.8. The summed E-state index contributed by atoms with van der Waals surface area (Å²) < 4.78 is 0. The molecule has 2 heterocycles. The minimum absolute atomic E-state index is 0.00137. The number of aliphatic carboxylic acids is 1. The number of carboxylic acids is 1. The van der Waals surface area contributed by atoms with Gasteiger partial charge in [0.2, 0.25) is 0 Å². The minimum atomic E-state index is -0.964. The lowest BCUT2D eigenvalue weighted by atomic mass is 10.0. The van der Waals surface area contributed by atoms with Crippen LogP contribution in [-0.4, -0.2) is 40.3 Å². The molecule has 0 aromatic heterocycles. The second kappa shape index (κ2) is 6.35. The molecular weight excluding hydrogens is 276 g/mol. The molecule has 2 aliphatic rings. The van der Waals surface area contributed by atoms with E-state index in [0.717, 1.165) is 0 Å². The number of nitrogens with zero attached hydrogens (tertiary/aromatic N) is 4. The summed E-state index contributed by atoms with van der Waals surface area (Å²) in [6.45, 7) is 5.19. The Balaban J connectivity index is 0.000000211. The van der Waals surface area contributed by atoms with E-state index < -0.39 is 18.1 Å². The fourth-order valence-corrected chi connectivity index (χ4v) is 1.47. The quantitative estimate of drug-likeness (QED) is 0.634. The van der Waals surface area contributed by atoms with Crippen LogP contribution in [0.15, 0.2) is 20.5 Å². The van der Waals surface area contributed by atoms with Gasteiger partial charge in [0.25, 0.3) is 0 Å². The van der Waals surface area contributed by atoms with Gasteiger partial charge in [-0.15, -0.1) is 0 Å². The van der Waals surface area contributed by atoms with E-state index in [1.54, 1.807) is 0 Å². The molecule has 0 saturated heterocycles. The lowest BCUT2D eigenvalue weighted by Gasteiger charge is -2.08. The number of hydrogen-bond acceptors (Lipinski definition) is 8. The number of rotatable bonds is 7. The van der Waals surface area contributed by atoms with Crippen LogP contribution >= 0.6 is 0 Å². The highest BCUT2D eigenvalue weighted by molar-refractivity contribution is 5.81. The number of ketones is 1. The van der Waals surface area contributed by atoms with Crippen LogP contribution in [-0.2, 0) is 9.59 Å². The predicted octanol–water partition coefficient (Wildman–Crippen LogP) is 0.835. The zero-order chi connectivity index (χ0) is 16.3. The molecule has 0 aromatic rings. The van der Waals surface area contributed by atoms with Gasteiger partial charge < -0.3 is 16.6 Å². The fraction of sp³-hybridized carbons (Fsp3) is 0.833. The molecule has 0 bridgehead atoms. The molecule has 9 nitrogen and oxygen atoms in total. The number of hydrogen-bond donors (Lipinski definition) is 3. The summed E-state index contributed by atoms with van der Waals surface area (Å²) in [4.78, 5) is 20.9. The van der Waals surface area contributed by atoms with Crippen molar-refractivity contribution in [1.29, 1.82) is 0 Å². The maximum Gasteiger partial charge on any atom is 0.320 e. The van der Waals surface area contributed by atoms with E-state index in [2.05, 4.69) is 20.5 Å². The van der Waals surface area contributed by atoms with E-state index in [4.69, 9.17) is 16.6 Å². The van der Waals surface area contributed by atoms with Crippen LogP contribution in [0.2, 0.25) is 0 Å². The first kappa shape index (κ1) is 17.3. The zero-order valence-electron chi connectivity index (χ0n) is 12.5. The van der Waals surface area contributed by atoms with Crippen molar-refractivity contribution in [2.45, 2.75) is 63.4 Å². The summed E-state index contributed by atoms with van der Waals surface area (Å²) >= 11 is 0. The summed E-state index contributed by atoms with van der Waals surface area (Å²) in [5.74, 6) is -0.965. The van der Waals surface area contributed by atoms with Crippen molar-refractivity contribution >= 4 is 11.8 Å². The topological polar surface area (TPSA) is 156 Å². The molecule has 9 heteroatoms. The Hall–Kier alpha value is -1.74. The highest BCUT2D eigenvalue weighted by Crippen LogP contribution is 2.32. The summed E-state index contributed by atoms with van der Waals surface area (Å²) in [5, 5.41) is 23.4. The first-order valence-corrected chi connectivity index (χ1v) is 6.69.